The fourth-order valence-electron chi connectivity index (χ4n) is 1.73. The zero-order valence-corrected chi connectivity index (χ0v) is 10.7. The van der Waals surface area contributed by atoms with Crippen LogP contribution in [0.2, 0.25) is 0 Å². The Bertz CT molecular complexity index is 317. The molecule has 0 fully saturated rings. The van der Waals surface area contributed by atoms with Crippen LogP contribution in [0.3, 0.4) is 0 Å². The number of hydrogen-bond donors (Lipinski definition) is 1. The number of methoxy groups -OCH3 is 1. The van der Waals surface area contributed by atoms with Gasteiger partial charge in [0, 0.05) is 13.7 Å². The summed E-state index contributed by atoms with van der Waals surface area (Å²) in [7, 11) is 1.70. The normalized spacial score (nSPS) is 12.6. The number of halogens is 1. The Labute approximate surface area is 103 Å². The van der Waals surface area contributed by atoms with E-state index in [1.54, 1.807) is 19.2 Å². The Morgan fingerprint density at radius 1 is 1.41 bits per heavy atom. The van der Waals surface area contributed by atoms with Crippen LogP contribution in [0.1, 0.15) is 18.9 Å². The Hall–Kier alpha value is -0.930. The molecule has 3 heteroatoms. The summed E-state index contributed by atoms with van der Waals surface area (Å²) in [6.07, 6.45) is 2.01. The standard InChI is InChI=1S/C14H22FNO/c1-12(11-16-8-9-17-2)6-7-13-4-3-5-14(15)10-13/h3-5,10,12,16H,6-9,11H2,1-2H3. The van der Waals surface area contributed by atoms with Crippen molar-refractivity contribution in [3.8, 4) is 0 Å². The van der Waals surface area contributed by atoms with Crippen molar-refractivity contribution in [3.05, 3.63) is 35.6 Å². The minimum atomic E-state index is -0.145. The molecular weight excluding hydrogens is 217 g/mol. The summed E-state index contributed by atoms with van der Waals surface area (Å²) in [5, 5.41) is 3.33. The lowest BCUT2D eigenvalue weighted by atomic mass is 10.0. The molecular formula is C14H22FNO. The van der Waals surface area contributed by atoms with Crippen LogP contribution in [0.25, 0.3) is 0 Å². The minimum absolute atomic E-state index is 0.145. The summed E-state index contributed by atoms with van der Waals surface area (Å²) >= 11 is 0. The van der Waals surface area contributed by atoms with Crippen LogP contribution < -0.4 is 5.32 Å². The largest absolute Gasteiger partial charge is 0.383 e. The molecule has 0 heterocycles. The van der Waals surface area contributed by atoms with Crippen molar-refractivity contribution >= 4 is 0 Å². The Morgan fingerprint density at radius 2 is 2.24 bits per heavy atom. The van der Waals surface area contributed by atoms with Gasteiger partial charge in [-0.2, -0.15) is 0 Å². The van der Waals surface area contributed by atoms with Crippen LogP contribution >= 0.6 is 0 Å². The van der Waals surface area contributed by atoms with Gasteiger partial charge in [-0.15, -0.1) is 0 Å². The van der Waals surface area contributed by atoms with Gasteiger partial charge in [0.25, 0.3) is 0 Å². The van der Waals surface area contributed by atoms with Crippen molar-refractivity contribution in [3.63, 3.8) is 0 Å². The molecule has 1 aromatic carbocycles. The third-order valence-electron chi connectivity index (χ3n) is 2.79. The quantitative estimate of drug-likeness (QED) is 0.704. The monoisotopic (exact) mass is 239 g/mol. The Morgan fingerprint density at radius 3 is 2.94 bits per heavy atom. The van der Waals surface area contributed by atoms with Gasteiger partial charge in [0.15, 0.2) is 0 Å². The van der Waals surface area contributed by atoms with Crippen LogP contribution in [0.15, 0.2) is 24.3 Å². The molecule has 1 aromatic rings. The van der Waals surface area contributed by atoms with E-state index < -0.39 is 0 Å². The summed E-state index contributed by atoms with van der Waals surface area (Å²) in [5.41, 5.74) is 1.08. The molecule has 0 aromatic heterocycles. The average Bonchev–Trinajstić information content (AvgIpc) is 2.32. The maximum Gasteiger partial charge on any atom is 0.123 e. The first kappa shape index (κ1) is 14.1. The van der Waals surface area contributed by atoms with Gasteiger partial charge in [-0.1, -0.05) is 19.1 Å². The van der Waals surface area contributed by atoms with E-state index in [0.29, 0.717) is 5.92 Å². The van der Waals surface area contributed by atoms with Crippen LogP contribution in [-0.2, 0) is 11.2 Å². The summed E-state index contributed by atoms with van der Waals surface area (Å²) in [4.78, 5) is 0. The molecule has 0 aliphatic heterocycles. The summed E-state index contributed by atoms with van der Waals surface area (Å²) < 4.78 is 17.9. The van der Waals surface area contributed by atoms with Gasteiger partial charge in [0.05, 0.1) is 6.61 Å². The van der Waals surface area contributed by atoms with Gasteiger partial charge in [0.2, 0.25) is 0 Å². The zero-order chi connectivity index (χ0) is 12.5. The molecule has 2 nitrogen and oxygen atoms in total. The molecule has 1 N–H and O–H groups in total. The van der Waals surface area contributed by atoms with Gasteiger partial charge >= 0.3 is 0 Å². The van der Waals surface area contributed by atoms with E-state index in [1.807, 2.05) is 6.07 Å². The molecule has 0 radical (unpaired) electrons. The molecule has 0 spiro atoms. The lowest BCUT2D eigenvalue weighted by Gasteiger charge is -2.12. The number of benzene rings is 1. The maximum absolute atomic E-state index is 13.0. The summed E-state index contributed by atoms with van der Waals surface area (Å²) in [5.74, 6) is 0.448. The van der Waals surface area contributed by atoms with Gasteiger partial charge < -0.3 is 10.1 Å². The van der Waals surface area contributed by atoms with E-state index in [1.165, 1.54) is 6.07 Å². The molecule has 0 aliphatic carbocycles. The SMILES string of the molecule is COCCNCC(C)CCc1cccc(F)c1. The first-order chi connectivity index (χ1) is 8.22. The molecule has 0 saturated heterocycles. The molecule has 96 valence electrons. The van der Waals surface area contributed by atoms with E-state index in [2.05, 4.69) is 12.2 Å². The summed E-state index contributed by atoms with van der Waals surface area (Å²) in [6, 6.07) is 6.85. The number of aryl methyl sites for hydroxylation is 1. The molecule has 0 amide bonds. The van der Waals surface area contributed by atoms with Crippen molar-refractivity contribution in [2.45, 2.75) is 19.8 Å². The molecule has 0 bridgehead atoms. The second kappa shape index (κ2) is 8.20. The van der Waals surface area contributed by atoms with Crippen molar-refractivity contribution < 1.29 is 9.13 Å². The first-order valence-electron chi connectivity index (χ1n) is 6.16. The topological polar surface area (TPSA) is 21.3 Å². The third-order valence-corrected chi connectivity index (χ3v) is 2.79. The number of hydrogen-bond acceptors (Lipinski definition) is 2. The first-order valence-corrected chi connectivity index (χ1v) is 6.16. The predicted molar refractivity (Wildman–Crippen MR) is 68.6 cm³/mol. The average molecular weight is 239 g/mol. The second-order valence-electron chi connectivity index (χ2n) is 4.47. The molecule has 1 unspecified atom stereocenters. The minimum Gasteiger partial charge on any atom is -0.383 e. The van der Waals surface area contributed by atoms with E-state index >= 15 is 0 Å². The molecule has 1 atom stereocenters. The maximum atomic E-state index is 13.0. The highest BCUT2D eigenvalue weighted by molar-refractivity contribution is 5.16. The lowest BCUT2D eigenvalue weighted by molar-refractivity contribution is 0.198. The highest BCUT2D eigenvalue weighted by atomic mass is 19.1. The van der Waals surface area contributed by atoms with Crippen LogP contribution in [0.4, 0.5) is 4.39 Å². The van der Waals surface area contributed by atoms with Crippen molar-refractivity contribution in [2.75, 3.05) is 26.8 Å². The highest BCUT2D eigenvalue weighted by Gasteiger charge is 2.03. The van der Waals surface area contributed by atoms with E-state index in [9.17, 15) is 4.39 Å². The van der Waals surface area contributed by atoms with E-state index in [-0.39, 0.29) is 5.82 Å². The molecule has 1 rings (SSSR count). The highest BCUT2D eigenvalue weighted by Crippen LogP contribution is 2.10. The van der Waals surface area contributed by atoms with Crippen LogP contribution in [0.5, 0.6) is 0 Å². The van der Waals surface area contributed by atoms with E-state index in [4.69, 9.17) is 4.74 Å². The molecule has 17 heavy (non-hydrogen) atoms. The Balaban J connectivity index is 2.17. The predicted octanol–water partition coefficient (Wildman–Crippen LogP) is 2.63. The smallest absolute Gasteiger partial charge is 0.123 e. The van der Waals surface area contributed by atoms with Gasteiger partial charge in [-0.25, -0.2) is 4.39 Å². The zero-order valence-electron chi connectivity index (χ0n) is 10.7. The van der Waals surface area contributed by atoms with Crippen LogP contribution in [-0.4, -0.2) is 26.8 Å². The van der Waals surface area contributed by atoms with Crippen molar-refractivity contribution in [2.24, 2.45) is 5.92 Å². The fraction of sp³-hybridized carbons (Fsp3) is 0.571. The molecule has 0 aliphatic rings. The van der Waals surface area contributed by atoms with Crippen molar-refractivity contribution in [1.29, 1.82) is 0 Å². The Kier molecular flexibility index (Phi) is 6.82. The number of rotatable bonds is 8. The van der Waals surface area contributed by atoms with Gasteiger partial charge in [0.1, 0.15) is 5.82 Å². The summed E-state index contributed by atoms with van der Waals surface area (Å²) in [6.45, 7) is 4.83. The van der Waals surface area contributed by atoms with Gasteiger partial charge in [-0.05, 0) is 43.0 Å². The number of ether oxygens (including phenoxy) is 1. The lowest BCUT2D eigenvalue weighted by Crippen LogP contribution is -2.25. The third kappa shape index (κ3) is 6.39. The second-order valence-corrected chi connectivity index (χ2v) is 4.47. The fourth-order valence-corrected chi connectivity index (χ4v) is 1.73. The van der Waals surface area contributed by atoms with Crippen LogP contribution in [0, 0.1) is 11.7 Å². The number of nitrogens with one attached hydrogen (secondary N) is 1. The van der Waals surface area contributed by atoms with Gasteiger partial charge in [-0.3, -0.25) is 0 Å². The van der Waals surface area contributed by atoms with Crippen molar-refractivity contribution in [1.82, 2.24) is 5.32 Å². The molecule has 0 saturated carbocycles. The van der Waals surface area contributed by atoms with E-state index in [0.717, 1.165) is 38.1 Å².